The van der Waals surface area contributed by atoms with Gasteiger partial charge in [-0.25, -0.2) is 44.3 Å². The van der Waals surface area contributed by atoms with Crippen LogP contribution in [0.4, 0.5) is 49.3 Å². The molecule has 15 rings (SSSR count). The first-order valence-corrected chi connectivity index (χ1v) is 38.6. The summed E-state index contributed by atoms with van der Waals surface area (Å²) in [5.74, 6) is 3.14. The molecule has 6 fully saturated rings. The van der Waals surface area contributed by atoms with Crippen molar-refractivity contribution in [3.8, 4) is 35.5 Å². The molecule has 6 aliphatic heterocycles. The van der Waals surface area contributed by atoms with E-state index in [4.69, 9.17) is 28.4 Å². The molecule has 0 bridgehead atoms. The lowest BCUT2D eigenvalue weighted by molar-refractivity contribution is -0.131. The number of anilines is 6. The van der Waals surface area contributed by atoms with Crippen molar-refractivity contribution in [1.82, 2.24) is 44.6 Å². The van der Waals surface area contributed by atoms with E-state index in [1.165, 1.54) is 51.5 Å². The van der Waals surface area contributed by atoms with Crippen molar-refractivity contribution in [2.45, 2.75) is 173 Å². The number of amides is 9. The molecule has 12 heterocycles. The third-order valence-electron chi connectivity index (χ3n) is 22.5. The number of aromatic nitrogens is 6. The molecule has 3 N–H and O–H groups in total. The van der Waals surface area contributed by atoms with Crippen LogP contribution < -0.4 is 44.9 Å². The Labute approximate surface area is 658 Å². The number of hydrogen-bond donors (Lipinski definition) is 3. The Balaban J connectivity index is 0.000000149. The van der Waals surface area contributed by atoms with Gasteiger partial charge >= 0.3 is 18.1 Å². The maximum Gasteiger partial charge on any atom is 0.328 e. The number of likely N-dealkylation sites (tertiary alicyclic amines) is 3. The molecule has 0 spiro atoms. The number of pyridine rings is 6. The quantitative estimate of drug-likeness (QED) is 0.0565. The number of carbonyl (C=O) groups is 9. The number of aldehydes is 3. The van der Waals surface area contributed by atoms with Gasteiger partial charge in [0, 0.05) is 133 Å². The van der Waals surface area contributed by atoms with Crippen molar-refractivity contribution in [2.24, 2.45) is 17.8 Å². The van der Waals surface area contributed by atoms with Crippen molar-refractivity contribution in [3.05, 3.63) is 122 Å². The zero-order chi connectivity index (χ0) is 80.4. The van der Waals surface area contributed by atoms with Crippen LogP contribution in [0, 0.1) is 51.7 Å². The molecule has 0 radical (unpaired) electrons. The van der Waals surface area contributed by atoms with Gasteiger partial charge in [0.25, 0.3) is 0 Å². The van der Waals surface area contributed by atoms with Crippen LogP contribution in [0.5, 0.6) is 17.2 Å². The normalized spacial score (nSPS) is 22.3. The van der Waals surface area contributed by atoms with Crippen molar-refractivity contribution in [1.29, 1.82) is 15.8 Å². The van der Waals surface area contributed by atoms with E-state index in [0.29, 0.717) is 148 Å². The summed E-state index contributed by atoms with van der Waals surface area (Å²) in [4.78, 5) is 149. The Kier molecular flexibility index (Phi) is 25.0. The lowest BCUT2D eigenvalue weighted by Gasteiger charge is -2.35. The summed E-state index contributed by atoms with van der Waals surface area (Å²) >= 11 is 0. The van der Waals surface area contributed by atoms with Crippen molar-refractivity contribution in [3.63, 3.8) is 0 Å². The lowest BCUT2D eigenvalue weighted by Crippen LogP contribution is -2.42. The Hall–Kier alpha value is -12.1. The standard InChI is InChI=1S/3C27H30N6O5/c3*1-16-7-9-32(26(16)35)14-18-10-17-4-3-8-33(25(17)30-20(18)15-34)27(36)31-24-11-23(19(12-28)13-29-24)38-22-6-5-21(22)37-2/h3*10-11,13,15-16,21-22H,3-9,14H2,1-2H3,(H,29,31,36)/t16?,21-,22-;16-,21+,22+;16-,21-,22-/m111/s1. The third kappa shape index (κ3) is 17.4. The average molecular weight is 1560 g/mol. The molecular weight excluding hydrogens is 1470 g/mol. The molecule has 33 nitrogen and oxygen atoms in total. The van der Waals surface area contributed by atoms with Gasteiger partial charge in [0.2, 0.25) is 17.7 Å². The summed E-state index contributed by atoms with van der Waals surface area (Å²) in [6.45, 7) is 9.92. The minimum Gasteiger partial charge on any atom is -0.486 e. The Morgan fingerprint density at radius 3 is 0.912 bits per heavy atom. The van der Waals surface area contributed by atoms with Crippen LogP contribution in [-0.2, 0) is 67.5 Å². The largest absolute Gasteiger partial charge is 0.486 e. The molecule has 6 aromatic heterocycles. The zero-order valence-electron chi connectivity index (χ0n) is 64.4. The zero-order valence-corrected chi connectivity index (χ0v) is 64.4. The van der Waals surface area contributed by atoms with Crippen LogP contribution in [0.15, 0.2) is 55.0 Å². The highest BCUT2D eigenvalue weighted by Crippen LogP contribution is 2.38. The number of rotatable bonds is 21. The van der Waals surface area contributed by atoms with Gasteiger partial charge in [-0.05, 0) is 131 Å². The highest BCUT2D eigenvalue weighted by atomic mass is 16.6. The first-order chi connectivity index (χ1) is 55.2. The highest BCUT2D eigenvalue weighted by molar-refractivity contribution is 6.04. The van der Waals surface area contributed by atoms with Crippen molar-refractivity contribution in [2.75, 3.05) is 91.2 Å². The maximum atomic E-state index is 13.3. The Bertz CT molecular complexity index is 4390. The van der Waals surface area contributed by atoms with E-state index in [1.807, 2.05) is 39.0 Å². The van der Waals surface area contributed by atoms with Gasteiger partial charge in [0.15, 0.2) is 18.9 Å². The molecular formula is C81H90N18O15. The van der Waals surface area contributed by atoms with Gasteiger partial charge in [0.05, 0.1) is 36.9 Å². The summed E-state index contributed by atoms with van der Waals surface area (Å²) < 4.78 is 34.1. The van der Waals surface area contributed by atoms with E-state index in [2.05, 4.69) is 64.1 Å². The van der Waals surface area contributed by atoms with Gasteiger partial charge in [-0.2, -0.15) is 15.8 Å². The van der Waals surface area contributed by atoms with Gasteiger partial charge < -0.3 is 43.1 Å². The molecule has 9 atom stereocenters. The van der Waals surface area contributed by atoms with Crippen molar-refractivity contribution >= 4 is 89.6 Å². The molecule has 33 heteroatoms. The summed E-state index contributed by atoms with van der Waals surface area (Å²) in [5.41, 5.74) is 6.05. The van der Waals surface area contributed by atoms with Crippen LogP contribution >= 0.6 is 0 Å². The van der Waals surface area contributed by atoms with Gasteiger partial charge in [-0.3, -0.25) is 59.4 Å². The smallest absolute Gasteiger partial charge is 0.328 e. The van der Waals surface area contributed by atoms with E-state index in [1.54, 1.807) is 36.0 Å². The molecule has 3 saturated carbocycles. The number of fused-ring (bicyclic) bond motifs is 3. The average Bonchev–Trinajstić information content (AvgIpc) is 1.06. The number of nitriles is 3. The number of carbonyl (C=O) groups excluding carboxylic acids is 9. The molecule has 3 saturated heterocycles. The Morgan fingerprint density at radius 2 is 0.693 bits per heavy atom. The molecule has 9 amide bonds. The van der Waals surface area contributed by atoms with E-state index >= 15 is 0 Å². The van der Waals surface area contributed by atoms with Crippen molar-refractivity contribution < 1.29 is 71.6 Å². The van der Waals surface area contributed by atoms with E-state index in [9.17, 15) is 58.9 Å². The number of urea groups is 3. The van der Waals surface area contributed by atoms with Crippen LogP contribution in [-0.4, -0.2) is 196 Å². The summed E-state index contributed by atoms with van der Waals surface area (Å²) in [5, 5.41) is 36.7. The molecule has 114 heavy (non-hydrogen) atoms. The van der Waals surface area contributed by atoms with Crippen LogP contribution in [0.25, 0.3) is 0 Å². The third-order valence-corrected chi connectivity index (χ3v) is 22.5. The second-order valence-electron chi connectivity index (χ2n) is 29.9. The number of nitrogens with zero attached hydrogens (tertiary/aromatic N) is 15. The fraction of sp³-hybridized carbons (Fsp3) is 0.481. The fourth-order valence-corrected chi connectivity index (χ4v) is 15.3. The number of methoxy groups -OCH3 is 3. The van der Waals surface area contributed by atoms with Crippen LogP contribution in [0.2, 0.25) is 0 Å². The minimum absolute atomic E-state index is 0.0173. The predicted octanol–water partition coefficient (Wildman–Crippen LogP) is 9.21. The SMILES string of the molecule is CO[C@@H]1CC[C@H]1Oc1cc(NC(=O)N2CCCc3cc(CN4CCC(C)C4=O)c(C=O)nc32)ncc1C#N.CO[C@@H]1CC[C@H]1Oc1cc(NC(=O)N2CCCc3cc(CN4CC[C@@H](C)C4=O)c(C=O)nc32)ncc1C#N.CO[C@H]1CC[C@@H]1Oc1cc(NC(=O)N2CCCc3cc(CN4CC[C@@H](C)C4=O)c(C=O)nc32)ncc1C#N. The van der Waals surface area contributed by atoms with Gasteiger partial charge in [0.1, 0.15) is 122 Å². The molecule has 9 aliphatic rings. The maximum absolute atomic E-state index is 13.3. The number of ether oxygens (including phenoxy) is 6. The predicted molar refractivity (Wildman–Crippen MR) is 411 cm³/mol. The molecule has 0 aromatic carbocycles. The van der Waals surface area contributed by atoms with Gasteiger partial charge in [-0.15, -0.1) is 0 Å². The van der Waals surface area contributed by atoms with E-state index in [0.717, 1.165) is 93.7 Å². The van der Waals surface area contributed by atoms with E-state index in [-0.39, 0.29) is 123 Å². The second-order valence-corrected chi connectivity index (χ2v) is 29.9. The minimum atomic E-state index is -0.451. The topological polar surface area (TPSA) is 413 Å². The first kappa shape index (κ1) is 79.9. The van der Waals surface area contributed by atoms with E-state index < -0.39 is 18.1 Å². The fourth-order valence-electron chi connectivity index (χ4n) is 15.3. The molecule has 3 aliphatic carbocycles. The molecule has 594 valence electrons. The lowest BCUT2D eigenvalue weighted by atomic mass is 9.92. The first-order valence-electron chi connectivity index (χ1n) is 38.6. The Morgan fingerprint density at radius 1 is 0.421 bits per heavy atom. The summed E-state index contributed by atoms with van der Waals surface area (Å²) in [6.07, 6.45) is 17.3. The molecule has 1 unspecified atom stereocenters. The number of aryl methyl sites for hydroxylation is 3. The second kappa shape index (κ2) is 35.7. The number of hydrogen-bond acceptors (Lipinski definition) is 24. The molecule has 6 aromatic rings. The summed E-state index contributed by atoms with van der Waals surface area (Å²) in [6, 6.07) is 15.1. The monoisotopic (exact) mass is 1550 g/mol. The summed E-state index contributed by atoms with van der Waals surface area (Å²) in [7, 11) is 4.87. The van der Waals surface area contributed by atoms with Gasteiger partial charge in [-0.1, -0.05) is 20.8 Å². The number of nitrogens with one attached hydrogen (secondary N) is 3. The highest BCUT2D eigenvalue weighted by Gasteiger charge is 2.39. The van der Waals surface area contributed by atoms with Crippen LogP contribution in [0.3, 0.4) is 0 Å². The van der Waals surface area contributed by atoms with Crippen LogP contribution in [0.1, 0.15) is 179 Å².